The first-order valence-electron chi connectivity index (χ1n) is 8.16. The van der Waals surface area contributed by atoms with Crippen LogP contribution in [0.5, 0.6) is 0 Å². The van der Waals surface area contributed by atoms with Crippen molar-refractivity contribution in [1.29, 1.82) is 0 Å². The maximum atomic E-state index is 12.1. The molecule has 114 valence electrons. The van der Waals surface area contributed by atoms with Crippen LogP contribution in [-0.4, -0.2) is 12.5 Å². The lowest BCUT2D eigenvalue weighted by molar-refractivity contribution is -0.120. The fourth-order valence-electron chi connectivity index (χ4n) is 2.67. The van der Waals surface area contributed by atoms with Gasteiger partial charge in [-0.15, -0.1) is 0 Å². The summed E-state index contributed by atoms with van der Waals surface area (Å²) in [4.78, 5) is 12.1. The summed E-state index contributed by atoms with van der Waals surface area (Å²) in [5, 5.41) is 3.10. The van der Waals surface area contributed by atoms with Crippen LogP contribution in [0.4, 0.5) is 0 Å². The molecule has 0 bridgehead atoms. The highest BCUT2D eigenvalue weighted by atomic mass is 16.1. The quantitative estimate of drug-likeness (QED) is 0.722. The van der Waals surface area contributed by atoms with Gasteiger partial charge in [-0.05, 0) is 43.6 Å². The van der Waals surface area contributed by atoms with Crippen molar-refractivity contribution >= 4 is 5.91 Å². The highest BCUT2D eigenvalue weighted by Gasteiger charge is 2.13. The van der Waals surface area contributed by atoms with E-state index in [-0.39, 0.29) is 5.91 Å². The summed E-state index contributed by atoms with van der Waals surface area (Å²) in [6.07, 6.45) is 10.8. The fraction of sp³-hybridized carbons (Fsp3) is 0.722. The van der Waals surface area contributed by atoms with Gasteiger partial charge in [-0.1, -0.05) is 51.3 Å². The Bertz CT molecular complexity index is 368. The molecule has 0 aliphatic heterocycles. The van der Waals surface area contributed by atoms with Crippen LogP contribution in [0.3, 0.4) is 0 Å². The maximum absolute atomic E-state index is 12.1. The van der Waals surface area contributed by atoms with E-state index in [1.54, 1.807) is 0 Å². The predicted molar refractivity (Wildman–Crippen MR) is 86.6 cm³/mol. The third kappa shape index (κ3) is 5.94. The Balaban J connectivity index is 2.40. The van der Waals surface area contributed by atoms with E-state index in [2.05, 4.69) is 45.2 Å². The van der Waals surface area contributed by atoms with Crippen molar-refractivity contribution in [3.63, 3.8) is 0 Å². The minimum Gasteiger partial charge on any atom is -0.356 e. The molecule has 1 amide bonds. The molecule has 2 heteroatoms. The van der Waals surface area contributed by atoms with Crippen LogP contribution in [0, 0.1) is 11.8 Å². The van der Waals surface area contributed by atoms with Crippen molar-refractivity contribution in [3.8, 4) is 0 Å². The third-order valence-corrected chi connectivity index (χ3v) is 4.48. The average Bonchev–Trinajstić information content (AvgIpc) is 2.62. The van der Waals surface area contributed by atoms with Gasteiger partial charge in [-0.25, -0.2) is 0 Å². The first kappa shape index (κ1) is 17.0. The van der Waals surface area contributed by atoms with Crippen molar-refractivity contribution in [2.24, 2.45) is 11.8 Å². The zero-order valence-electron chi connectivity index (χ0n) is 13.7. The largest absolute Gasteiger partial charge is 0.356 e. The predicted octanol–water partition coefficient (Wildman–Crippen LogP) is 4.62. The van der Waals surface area contributed by atoms with Crippen LogP contribution < -0.4 is 5.32 Å². The smallest absolute Gasteiger partial charge is 0.224 e. The van der Waals surface area contributed by atoms with Gasteiger partial charge in [-0.3, -0.25) is 4.79 Å². The van der Waals surface area contributed by atoms with E-state index in [0.717, 1.165) is 19.4 Å². The van der Waals surface area contributed by atoms with Crippen LogP contribution in [0.15, 0.2) is 23.3 Å². The molecular formula is C18H31NO. The second kappa shape index (κ2) is 8.99. The number of hydrogen-bond donors (Lipinski definition) is 1. The minimum absolute atomic E-state index is 0.168. The number of allylic oxidation sites excluding steroid dienone is 3. The summed E-state index contributed by atoms with van der Waals surface area (Å²) < 4.78 is 0. The van der Waals surface area contributed by atoms with E-state index in [1.807, 2.05) is 0 Å². The lowest BCUT2D eigenvalue weighted by atomic mass is 9.92. The van der Waals surface area contributed by atoms with E-state index in [9.17, 15) is 4.79 Å². The molecule has 2 atom stereocenters. The van der Waals surface area contributed by atoms with Crippen LogP contribution in [0.25, 0.3) is 0 Å². The number of carbonyl (C=O) groups is 1. The molecule has 1 rings (SSSR count). The van der Waals surface area contributed by atoms with Gasteiger partial charge in [0.2, 0.25) is 5.91 Å². The Hall–Kier alpha value is -1.05. The van der Waals surface area contributed by atoms with Crippen LogP contribution in [-0.2, 0) is 4.79 Å². The lowest BCUT2D eigenvalue weighted by Crippen LogP contribution is -2.30. The molecular weight excluding hydrogens is 246 g/mol. The number of carbonyl (C=O) groups excluding carboxylic acids is 1. The van der Waals surface area contributed by atoms with Gasteiger partial charge in [0.1, 0.15) is 0 Å². The summed E-state index contributed by atoms with van der Waals surface area (Å²) in [5.41, 5.74) is 2.59. The molecule has 0 aromatic rings. The first-order valence-corrected chi connectivity index (χ1v) is 8.16. The van der Waals surface area contributed by atoms with Gasteiger partial charge >= 0.3 is 0 Å². The Morgan fingerprint density at radius 3 is 2.80 bits per heavy atom. The molecule has 20 heavy (non-hydrogen) atoms. The molecule has 1 N–H and O–H groups in total. The standard InChI is InChI=1S/C18H31NO/c1-5-9-14(2)16(4)13-19-18(20)12-17-11-8-6-7-10-15(17)3/h8,11,14,16H,5-7,9-10,12-13H2,1-4H3,(H,19,20). The molecule has 0 aromatic heterocycles. The van der Waals surface area contributed by atoms with E-state index >= 15 is 0 Å². The summed E-state index contributed by atoms with van der Waals surface area (Å²) in [6.45, 7) is 9.69. The molecule has 1 aliphatic rings. The second-order valence-electron chi connectivity index (χ2n) is 6.32. The molecule has 0 aromatic carbocycles. The lowest BCUT2D eigenvalue weighted by Gasteiger charge is -2.20. The van der Waals surface area contributed by atoms with Crippen molar-refractivity contribution in [2.45, 2.75) is 66.2 Å². The Labute approximate surface area is 124 Å². The minimum atomic E-state index is 0.168. The SMILES string of the molecule is CCCC(C)C(C)CNC(=O)CC1=C(C)CCCC=C1. The molecule has 0 saturated heterocycles. The van der Waals surface area contributed by atoms with Crippen molar-refractivity contribution in [3.05, 3.63) is 23.3 Å². The van der Waals surface area contributed by atoms with E-state index in [0.29, 0.717) is 18.3 Å². The molecule has 2 unspecified atom stereocenters. The van der Waals surface area contributed by atoms with Gasteiger partial charge in [-0.2, -0.15) is 0 Å². The average molecular weight is 277 g/mol. The molecule has 0 heterocycles. The second-order valence-corrected chi connectivity index (χ2v) is 6.32. The van der Waals surface area contributed by atoms with E-state index < -0.39 is 0 Å². The highest BCUT2D eigenvalue weighted by molar-refractivity contribution is 5.79. The fourth-order valence-corrected chi connectivity index (χ4v) is 2.67. The first-order chi connectivity index (χ1) is 9.54. The van der Waals surface area contributed by atoms with Crippen LogP contribution >= 0.6 is 0 Å². The molecule has 0 spiro atoms. The maximum Gasteiger partial charge on any atom is 0.224 e. The zero-order valence-corrected chi connectivity index (χ0v) is 13.7. The molecule has 0 saturated carbocycles. The molecule has 2 nitrogen and oxygen atoms in total. The van der Waals surface area contributed by atoms with Gasteiger partial charge in [0.25, 0.3) is 0 Å². The van der Waals surface area contributed by atoms with Crippen molar-refractivity contribution in [2.75, 3.05) is 6.54 Å². The summed E-state index contributed by atoms with van der Waals surface area (Å²) in [7, 11) is 0. The summed E-state index contributed by atoms with van der Waals surface area (Å²) in [6, 6.07) is 0. The summed E-state index contributed by atoms with van der Waals surface area (Å²) in [5.74, 6) is 1.40. The van der Waals surface area contributed by atoms with Crippen LogP contribution in [0.1, 0.15) is 66.2 Å². The molecule has 0 fully saturated rings. The normalized spacial score (nSPS) is 18.6. The monoisotopic (exact) mass is 277 g/mol. The number of amides is 1. The van der Waals surface area contributed by atoms with Gasteiger partial charge in [0.15, 0.2) is 0 Å². The van der Waals surface area contributed by atoms with Crippen molar-refractivity contribution < 1.29 is 4.79 Å². The molecule has 1 aliphatic carbocycles. The third-order valence-electron chi connectivity index (χ3n) is 4.48. The van der Waals surface area contributed by atoms with Crippen molar-refractivity contribution in [1.82, 2.24) is 5.32 Å². The highest BCUT2D eigenvalue weighted by Crippen LogP contribution is 2.21. The van der Waals surface area contributed by atoms with E-state index in [1.165, 1.54) is 30.4 Å². The Kier molecular flexibility index (Phi) is 7.64. The van der Waals surface area contributed by atoms with Gasteiger partial charge < -0.3 is 5.32 Å². The van der Waals surface area contributed by atoms with Crippen LogP contribution in [0.2, 0.25) is 0 Å². The topological polar surface area (TPSA) is 29.1 Å². The number of nitrogens with one attached hydrogen (secondary N) is 1. The van der Waals surface area contributed by atoms with Gasteiger partial charge in [0.05, 0.1) is 6.42 Å². The van der Waals surface area contributed by atoms with E-state index in [4.69, 9.17) is 0 Å². The number of rotatable bonds is 7. The summed E-state index contributed by atoms with van der Waals surface area (Å²) >= 11 is 0. The Morgan fingerprint density at radius 1 is 1.35 bits per heavy atom. The molecule has 0 radical (unpaired) electrons. The zero-order chi connectivity index (χ0) is 15.0. The Morgan fingerprint density at radius 2 is 2.10 bits per heavy atom. The van der Waals surface area contributed by atoms with Gasteiger partial charge in [0, 0.05) is 6.54 Å². The number of hydrogen-bond acceptors (Lipinski definition) is 1.